The number of ether oxygens (including phenoxy) is 2. The molecule has 2 unspecified atom stereocenters. The van der Waals surface area contributed by atoms with Crippen LogP contribution in [0.3, 0.4) is 0 Å². The molecule has 1 aromatic carbocycles. The van der Waals surface area contributed by atoms with Gasteiger partial charge in [0.05, 0.1) is 35.9 Å². The Balaban J connectivity index is 1.42. The summed E-state index contributed by atoms with van der Waals surface area (Å²) in [5.74, 6) is 1.17. The molecule has 0 spiro atoms. The van der Waals surface area contributed by atoms with Crippen molar-refractivity contribution in [2.75, 3.05) is 30.5 Å². The van der Waals surface area contributed by atoms with Crippen molar-refractivity contribution in [1.82, 2.24) is 20.5 Å². The van der Waals surface area contributed by atoms with Gasteiger partial charge in [0, 0.05) is 19.0 Å². The van der Waals surface area contributed by atoms with Gasteiger partial charge in [0.1, 0.15) is 11.4 Å². The molecule has 3 aromatic rings. The Labute approximate surface area is 195 Å². The van der Waals surface area contributed by atoms with E-state index in [0.717, 1.165) is 21.9 Å². The number of thiazole rings is 1. The van der Waals surface area contributed by atoms with Crippen molar-refractivity contribution in [3.05, 3.63) is 34.8 Å². The van der Waals surface area contributed by atoms with Gasteiger partial charge in [-0.3, -0.25) is 5.32 Å². The fourth-order valence-electron chi connectivity index (χ4n) is 4.07. The van der Waals surface area contributed by atoms with Crippen molar-refractivity contribution in [2.45, 2.75) is 44.9 Å². The molecule has 0 saturated carbocycles. The van der Waals surface area contributed by atoms with Gasteiger partial charge in [0.15, 0.2) is 5.13 Å². The topological polar surface area (TPSA) is 115 Å². The van der Waals surface area contributed by atoms with Crippen molar-refractivity contribution in [3.63, 3.8) is 0 Å². The molecular weight excluding hydrogens is 444 g/mol. The highest BCUT2D eigenvalue weighted by Gasteiger charge is 2.43. The number of hydrogen-bond acceptors (Lipinski definition) is 9. The Bertz CT molecular complexity index is 1170. The molecule has 33 heavy (non-hydrogen) atoms. The molecule has 1 fully saturated rings. The van der Waals surface area contributed by atoms with Gasteiger partial charge in [-0.2, -0.15) is 0 Å². The van der Waals surface area contributed by atoms with E-state index < -0.39 is 0 Å². The van der Waals surface area contributed by atoms with E-state index in [-0.39, 0.29) is 23.7 Å². The fraction of sp³-hybridized carbons (Fsp3) is 0.455. The predicted octanol–water partition coefficient (Wildman–Crippen LogP) is 3.62. The van der Waals surface area contributed by atoms with E-state index in [2.05, 4.69) is 30.7 Å². The molecule has 2 N–H and O–H groups in total. The quantitative estimate of drug-likeness (QED) is 0.594. The van der Waals surface area contributed by atoms with Crippen LogP contribution in [0.4, 0.5) is 15.9 Å². The minimum atomic E-state index is -0.304. The summed E-state index contributed by atoms with van der Waals surface area (Å²) in [7, 11) is 1.57. The van der Waals surface area contributed by atoms with Crippen molar-refractivity contribution in [1.29, 1.82) is 0 Å². The monoisotopic (exact) mass is 470 g/mol. The first-order valence-corrected chi connectivity index (χ1v) is 11.6. The molecule has 2 atom stereocenters. The van der Waals surface area contributed by atoms with Crippen molar-refractivity contribution in [3.8, 4) is 17.2 Å². The lowest BCUT2D eigenvalue weighted by Gasteiger charge is -2.43. The third-order valence-electron chi connectivity index (χ3n) is 5.36. The van der Waals surface area contributed by atoms with E-state index in [1.807, 2.05) is 45.0 Å². The van der Waals surface area contributed by atoms with Crippen LogP contribution >= 0.6 is 11.3 Å². The van der Waals surface area contributed by atoms with Crippen LogP contribution in [0.15, 0.2) is 28.7 Å². The number of fused-ring (bicyclic) bond motifs is 4. The van der Waals surface area contributed by atoms with E-state index in [1.165, 1.54) is 11.3 Å². The smallest absolute Gasteiger partial charge is 0.320 e. The van der Waals surface area contributed by atoms with E-state index >= 15 is 0 Å². The van der Waals surface area contributed by atoms with Crippen LogP contribution in [-0.2, 0) is 11.2 Å². The molecule has 10 nitrogen and oxygen atoms in total. The number of nitrogens with one attached hydrogen (secondary N) is 2. The maximum atomic E-state index is 11.7. The molecule has 0 aliphatic carbocycles. The summed E-state index contributed by atoms with van der Waals surface area (Å²) in [6.07, 6.45) is 0.671. The number of carbonyl (C=O) groups excluding carboxylic acids is 1. The average Bonchev–Trinajstić information content (AvgIpc) is 3.39. The van der Waals surface area contributed by atoms with Gasteiger partial charge < -0.3 is 24.1 Å². The molecule has 0 radical (unpaired) electrons. The maximum absolute atomic E-state index is 11.7. The molecule has 2 amide bonds. The highest BCUT2D eigenvalue weighted by molar-refractivity contribution is 7.16. The Morgan fingerprint density at radius 1 is 1.27 bits per heavy atom. The van der Waals surface area contributed by atoms with Crippen LogP contribution in [0.5, 0.6) is 5.75 Å². The number of anilines is 2. The van der Waals surface area contributed by atoms with E-state index in [4.69, 9.17) is 13.9 Å². The van der Waals surface area contributed by atoms with Crippen LogP contribution in [0.2, 0.25) is 0 Å². The Kier molecular flexibility index (Phi) is 5.45. The molecule has 174 valence electrons. The zero-order valence-electron chi connectivity index (χ0n) is 18.9. The summed E-state index contributed by atoms with van der Waals surface area (Å²) in [6.45, 7) is 7.04. The third-order valence-corrected chi connectivity index (χ3v) is 6.48. The van der Waals surface area contributed by atoms with Gasteiger partial charge in [-0.05, 0) is 39.0 Å². The molecule has 2 bridgehead atoms. The number of amides is 2. The van der Waals surface area contributed by atoms with Gasteiger partial charge in [0.2, 0.25) is 5.89 Å². The maximum Gasteiger partial charge on any atom is 0.320 e. The number of aromatic nitrogens is 3. The third kappa shape index (κ3) is 4.38. The summed E-state index contributed by atoms with van der Waals surface area (Å²) in [5.41, 5.74) is 1.47. The van der Waals surface area contributed by atoms with Gasteiger partial charge in [0.25, 0.3) is 0 Å². The molecule has 4 heterocycles. The van der Waals surface area contributed by atoms with Gasteiger partial charge in [-0.25, -0.2) is 9.78 Å². The summed E-state index contributed by atoms with van der Waals surface area (Å²) >= 11 is 1.45. The first-order valence-electron chi connectivity index (χ1n) is 10.8. The number of rotatable bonds is 4. The van der Waals surface area contributed by atoms with E-state index in [1.54, 1.807) is 7.05 Å². The number of hydrogen-bond donors (Lipinski definition) is 2. The van der Waals surface area contributed by atoms with Crippen LogP contribution in [0.25, 0.3) is 11.5 Å². The second-order valence-electron chi connectivity index (χ2n) is 8.98. The van der Waals surface area contributed by atoms with Crippen molar-refractivity contribution in [2.24, 2.45) is 0 Å². The zero-order chi connectivity index (χ0) is 23.2. The summed E-state index contributed by atoms with van der Waals surface area (Å²) in [4.78, 5) is 19.5. The lowest BCUT2D eigenvalue weighted by Crippen LogP contribution is -2.51. The molecule has 11 heteroatoms. The minimum absolute atomic E-state index is 0.0232. The van der Waals surface area contributed by atoms with Crippen LogP contribution in [0, 0.1) is 0 Å². The highest BCUT2D eigenvalue weighted by atomic mass is 32.1. The summed E-state index contributed by atoms with van der Waals surface area (Å²) < 4.78 is 17.9. The van der Waals surface area contributed by atoms with Crippen LogP contribution < -0.4 is 20.3 Å². The number of carbonyl (C=O) groups is 1. The van der Waals surface area contributed by atoms with Gasteiger partial charge in [-0.15, -0.1) is 5.10 Å². The standard InChI is InChI=1S/C22H26N6O4S/c1-22(2,3)32-14-7-5-6-12(8-14)18-26-27-21(31-18)28-13-9-15-17(16(28)11-30-10-13)33-20(24-15)25-19(29)23-4/h5-8,13,16H,9-11H2,1-4H3,(H2,23,24,25,29). The Hall–Kier alpha value is -3.18. The van der Waals surface area contributed by atoms with Crippen molar-refractivity contribution >= 4 is 28.5 Å². The lowest BCUT2D eigenvalue weighted by molar-refractivity contribution is 0.0578. The van der Waals surface area contributed by atoms with Crippen molar-refractivity contribution < 1.29 is 18.7 Å². The average molecular weight is 471 g/mol. The Morgan fingerprint density at radius 2 is 2.12 bits per heavy atom. The number of nitrogens with zero attached hydrogens (tertiary/aromatic N) is 4. The molecular formula is C22H26N6O4S. The molecule has 2 aliphatic rings. The normalized spacial score (nSPS) is 19.7. The fourth-order valence-corrected chi connectivity index (χ4v) is 5.14. The second kappa shape index (κ2) is 8.31. The van der Waals surface area contributed by atoms with Crippen LogP contribution in [0.1, 0.15) is 37.4 Å². The molecule has 2 aliphatic heterocycles. The zero-order valence-corrected chi connectivity index (χ0v) is 19.7. The summed E-state index contributed by atoms with van der Waals surface area (Å²) in [6, 6.07) is 7.72. The Morgan fingerprint density at radius 3 is 2.91 bits per heavy atom. The molecule has 2 aromatic heterocycles. The number of benzene rings is 1. The summed E-state index contributed by atoms with van der Waals surface area (Å²) in [5, 5.41) is 14.5. The largest absolute Gasteiger partial charge is 0.488 e. The molecule has 5 rings (SSSR count). The first-order chi connectivity index (χ1) is 15.8. The van der Waals surface area contributed by atoms with E-state index in [9.17, 15) is 4.79 Å². The SMILES string of the molecule is CNC(=O)Nc1nc2c(s1)C1COCC(C2)N1c1nnc(-c2cccc(OC(C)(C)C)c2)o1. The number of morpholine rings is 1. The lowest BCUT2D eigenvalue weighted by atomic mass is 9.97. The number of urea groups is 1. The van der Waals surface area contributed by atoms with E-state index in [0.29, 0.717) is 36.7 Å². The minimum Gasteiger partial charge on any atom is -0.488 e. The van der Waals surface area contributed by atoms with Gasteiger partial charge in [-0.1, -0.05) is 22.5 Å². The molecule has 1 saturated heterocycles. The van der Waals surface area contributed by atoms with Crippen LogP contribution in [-0.4, -0.2) is 53.1 Å². The van der Waals surface area contributed by atoms with Gasteiger partial charge >= 0.3 is 12.0 Å². The predicted molar refractivity (Wildman–Crippen MR) is 124 cm³/mol. The first kappa shape index (κ1) is 21.7. The second-order valence-corrected chi connectivity index (χ2v) is 10.0. The highest BCUT2D eigenvalue weighted by Crippen LogP contribution is 2.43.